The Morgan fingerprint density at radius 3 is 2.57 bits per heavy atom. The predicted molar refractivity (Wildman–Crippen MR) is 87.1 cm³/mol. The summed E-state index contributed by atoms with van der Waals surface area (Å²) in [4.78, 5) is 14.0. The van der Waals surface area contributed by atoms with Gasteiger partial charge in [0.15, 0.2) is 5.17 Å². The number of thioether (sulfide) groups is 1. The normalized spacial score (nSPS) is 17.7. The van der Waals surface area contributed by atoms with Gasteiger partial charge in [0.2, 0.25) is 0 Å². The lowest BCUT2D eigenvalue weighted by Crippen LogP contribution is -2.41. The van der Waals surface area contributed by atoms with Crippen molar-refractivity contribution in [1.29, 1.82) is 0 Å². The minimum atomic E-state index is -0.0397. The van der Waals surface area contributed by atoms with E-state index in [4.69, 9.17) is 0 Å². The number of carbonyl (C=O) groups is 1. The maximum atomic E-state index is 11.7. The van der Waals surface area contributed by atoms with Crippen molar-refractivity contribution in [2.45, 2.75) is 13.3 Å². The quantitative estimate of drug-likeness (QED) is 0.928. The zero-order chi connectivity index (χ0) is 14.7. The second-order valence-electron chi connectivity index (χ2n) is 5.00. The molecule has 0 saturated carbocycles. The van der Waals surface area contributed by atoms with Crippen molar-refractivity contribution in [1.82, 2.24) is 10.2 Å². The number of hydrogen-bond acceptors (Lipinski definition) is 5. The molecule has 2 heterocycles. The van der Waals surface area contributed by atoms with Crippen LogP contribution in [0.1, 0.15) is 29.3 Å². The van der Waals surface area contributed by atoms with Gasteiger partial charge < -0.3 is 10.2 Å². The first kappa shape index (κ1) is 14.1. The van der Waals surface area contributed by atoms with Crippen molar-refractivity contribution in [2.75, 3.05) is 25.4 Å². The van der Waals surface area contributed by atoms with Crippen molar-refractivity contribution in [3.05, 3.63) is 35.4 Å². The molecular weight excluding hydrogens is 284 g/mol. The van der Waals surface area contributed by atoms with Gasteiger partial charge in [0, 0.05) is 31.0 Å². The van der Waals surface area contributed by atoms with Crippen LogP contribution in [-0.2, 0) is 0 Å². The molecule has 21 heavy (non-hydrogen) atoms. The number of rotatable bonds is 3. The highest BCUT2D eigenvalue weighted by molar-refractivity contribution is 8.14. The Labute approximate surface area is 128 Å². The average Bonchev–Trinajstić information content (AvgIpc) is 2.47. The molecule has 0 aromatic heterocycles. The summed E-state index contributed by atoms with van der Waals surface area (Å²) in [5.41, 5.74) is 2.67. The predicted octanol–water partition coefficient (Wildman–Crippen LogP) is 1.95. The summed E-state index contributed by atoms with van der Waals surface area (Å²) in [7, 11) is 0. The molecule has 1 aromatic rings. The standard InChI is InChI=1S/C15H18N4OS/c1-2-16-14(20)12-6-4-11(5-7-12)13-10-21-15(18-17-13)19-8-3-9-19/h4-7H,2-3,8-10H2,1H3,(H,16,20). The highest BCUT2D eigenvalue weighted by atomic mass is 32.2. The van der Waals surface area contributed by atoms with Gasteiger partial charge in [-0.25, -0.2) is 0 Å². The lowest BCUT2D eigenvalue weighted by Gasteiger charge is -2.33. The third-order valence-electron chi connectivity index (χ3n) is 3.54. The van der Waals surface area contributed by atoms with Crippen molar-refractivity contribution < 1.29 is 4.79 Å². The third kappa shape index (κ3) is 3.10. The molecule has 0 aliphatic carbocycles. The van der Waals surface area contributed by atoms with E-state index in [9.17, 15) is 4.79 Å². The number of amidine groups is 1. The first-order valence-corrected chi connectivity index (χ1v) is 8.17. The Kier molecular flexibility index (Phi) is 4.24. The molecule has 2 aliphatic heterocycles. The molecule has 0 atom stereocenters. The molecule has 0 bridgehead atoms. The molecule has 6 heteroatoms. The number of likely N-dealkylation sites (tertiary alicyclic amines) is 1. The van der Waals surface area contributed by atoms with Gasteiger partial charge in [-0.2, -0.15) is 5.10 Å². The van der Waals surface area contributed by atoms with Crippen molar-refractivity contribution in [3.63, 3.8) is 0 Å². The number of carbonyl (C=O) groups excluding carboxylic acids is 1. The fourth-order valence-electron chi connectivity index (χ4n) is 2.17. The van der Waals surface area contributed by atoms with Crippen LogP contribution in [0.25, 0.3) is 0 Å². The molecule has 1 aromatic carbocycles. The van der Waals surface area contributed by atoms with Crippen molar-refractivity contribution in [3.8, 4) is 0 Å². The first-order valence-electron chi connectivity index (χ1n) is 7.19. The third-order valence-corrected chi connectivity index (χ3v) is 4.55. The fourth-order valence-corrected chi connectivity index (χ4v) is 3.13. The number of amides is 1. The van der Waals surface area contributed by atoms with E-state index in [-0.39, 0.29) is 5.91 Å². The number of nitrogens with one attached hydrogen (secondary N) is 1. The van der Waals surface area contributed by atoms with Gasteiger partial charge in [0.1, 0.15) is 0 Å². The lowest BCUT2D eigenvalue weighted by atomic mass is 10.1. The molecular formula is C15H18N4OS. The summed E-state index contributed by atoms with van der Waals surface area (Å²) < 4.78 is 0. The van der Waals surface area contributed by atoms with Crippen LogP contribution >= 0.6 is 11.8 Å². The minimum absolute atomic E-state index is 0.0397. The number of nitrogens with zero attached hydrogens (tertiary/aromatic N) is 3. The smallest absolute Gasteiger partial charge is 0.251 e. The second-order valence-corrected chi connectivity index (χ2v) is 5.94. The van der Waals surface area contributed by atoms with Crippen LogP contribution in [0.15, 0.2) is 34.5 Å². The topological polar surface area (TPSA) is 57.1 Å². The molecule has 3 rings (SSSR count). The van der Waals surface area contributed by atoms with Gasteiger partial charge in [0.25, 0.3) is 5.91 Å². The summed E-state index contributed by atoms with van der Waals surface area (Å²) in [6, 6.07) is 7.55. The highest BCUT2D eigenvalue weighted by Gasteiger charge is 2.22. The van der Waals surface area contributed by atoms with E-state index in [0.717, 1.165) is 35.3 Å². The van der Waals surface area contributed by atoms with Crippen molar-refractivity contribution >= 4 is 28.5 Å². The number of benzene rings is 1. The van der Waals surface area contributed by atoms with Crippen LogP contribution in [0, 0.1) is 0 Å². The van der Waals surface area contributed by atoms with Crippen LogP contribution in [0.2, 0.25) is 0 Å². The van der Waals surface area contributed by atoms with Gasteiger partial charge in [-0.15, -0.1) is 5.10 Å². The molecule has 2 aliphatic rings. The molecule has 1 saturated heterocycles. The largest absolute Gasteiger partial charge is 0.352 e. The van der Waals surface area contributed by atoms with E-state index in [0.29, 0.717) is 12.1 Å². The molecule has 5 nitrogen and oxygen atoms in total. The van der Waals surface area contributed by atoms with E-state index < -0.39 is 0 Å². The van der Waals surface area contributed by atoms with E-state index in [1.807, 2.05) is 31.2 Å². The summed E-state index contributed by atoms with van der Waals surface area (Å²) in [5, 5.41) is 12.5. The highest BCUT2D eigenvalue weighted by Crippen LogP contribution is 2.21. The average molecular weight is 302 g/mol. The minimum Gasteiger partial charge on any atom is -0.352 e. The SMILES string of the molecule is CCNC(=O)c1ccc(C2=NN=C(N3CCC3)SC2)cc1. The fraction of sp³-hybridized carbons (Fsp3) is 0.400. The van der Waals surface area contributed by atoms with Crippen molar-refractivity contribution in [2.24, 2.45) is 10.2 Å². The lowest BCUT2D eigenvalue weighted by molar-refractivity contribution is 0.0956. The maximum absolute atomic E-state index is 11.7. The van der Waals surface area contributed by atoms with E-state index >= 15 is 0 Å². The maximum Gasteiger partial charge on any atom is 0.251 e. The van der Waals surface area contributed by atoms with Crippen LogP contribution in [0.4, 0.5) is 0 Å². The summed E-state index contributed by atoms with van der Waals surface area (Å²) in [5.74, 6) is 0.789. The van der Waals surface area contributed by atoms with Gasteiger partial charge in [-0.3, -0.25) is 4.79 Å². The van der Waals surface area contributed by atoms with Gasteiger partial charge in [-0.05, 0) is 31.0 Å². The second kappa shape index (κ2) is 6.30. The van der Waals surface area contributed by atoms with E-state index in [1.165, 1.54) is 6.42 Å². The Morgan fingerprint density at radius 2 is 2.05 bits per heavy atom. The van der Waals surface area contributed by atoms with E-state index in [1.54, 1.807) is 11.8 Å². The molecule has 1 N–H and O–H groups in total. The van der Waals surface area contributed by atoms with Crippen LogP contribution in [-0.4, -0.2) is 47.1 Å². The first-order chi connectivity index (χ1) is 10.3. The van der Waals surface area contributed by atoms with Gasteiger partial charge >= 0.3 is 0 Å². The Hall–Kier alpha value is -1.82. The molecule has 0 radical (unpaired) electrons. The Morgan fingerprint density at radius 1 is 1.29 bits per heavy atom. The number of hydrogen-bond donors (Lipinski definition) is 1. The van der Waals surface area contributed by atoms with Crippen LogP contribution in [0.5, 0.6) is 0 Å². The molecule has 1 fully saturated rings. The summed E-state index contributed by atoms with van der Waals surface area (Å²) in [6.45, 7) is 4.74. The molecule has 0 spiro atoms. The molecule has 110 valence electrons. The van der Waals surface area contributed by atoms with Crippen LogP contribution in [0.3, 0.4) is 0 Å². The zero-order valence-electron chi connectivity index (χ0n) is 12.0. The summed E-state index contributed by atoms with van der Waals surface area (Å²) >= 11 is 1.73. The van der Waals surface area contributed by atoms with Gasteiger partial charge in [-0.1, -0.05) is 23.9 Å². The Bertz CT molecular complexity index is 590. The van der Waals surface area contributed by atoms with Gasteiger partial charge in [0.05, 0.1) is 5.71 Å². The summed E-state index contributed by atoms with van der Waals surface area (Å²) in [6.07, 6.45) is 1.25. The van der Waals surface area contributed by atoms with Crippen LogP contribution < -0.4 is 5.32 Å². The monoisotopic (exact) mass is 302 g/mol. The molecule has 1 amide bonds. The molecule has 0 unspecified atom stereocenters. The zero-order valence-corrected chi connectivity index (χ0v) is 12.8. The Balaban J connectivity index is 1.71. The van der Waals surface area contributed by atoms with E-state index in [2.05, 4.69) is 20.4 Å².